The Labute approximate surface area is 185 Å². The fraction of sp³-hybridized carbons (Fsp3) is 0.227. The number of aromatic nitrogens is 2. The van der Waals surface area contributed by atoms with Crippen molar-refractivity contribution in [2.24, 2.45) is 0 Å². The van der Waals surface area contributed by atoms with Gasteiger partial charge in [-0.1, -0.05) is 6.07 Å². The molecule has 1 amide bonds. The summed E-state index contributed by atoms with van der Waals surface area (Å²) < 4.78 is 33.8. The average Bonchev–Trinajstić information content (AvgIpc) is 3.44. The molecule has 0 spiro atoms. The van der Waals surface area contributed by atoms with Gasteiger partial charge < -0.3 is 10.1 Å². The normalized spacial score (nSPS) is 13.5. The molecule has 1 aliphatic rings. The molecule has 1 aromatic heterocycles. The lowest BCUT2D eigenvalue weighted by Gasteiger charge is -2.09. The number of hydrogen-bond acceptors (Lipinski definition) is 6. The number of carbonyl (C=O) groups excluding carboxylic acids is 2. The fourth-order valence-electron chi connectivity index (χ4n) is 2.98. The SMILES string of the molecule is CCOC(=O)c1ccn(-c2ccc(NC(=O)c3cccc(S(=O)(=O)NC4CC4)c3)cc2)n1. The maximum absolute atomic E-state index is 12.6. The molecule has 2 N–H and O–H groups in total. The molecule has 0 atom stereocenters. The maximum Gasteiger partial charge on any atom is 0.358 e. The maximum atomic E-state index is 12.6. The Bertz CT molecular complexity index is 1250. The van der Waals surface area contributed by atoms with E-state index in [9.17, 15) is 18.0 Å². The summed E-state index contributed by atoms with van der Waals surface area (Å²) in [6.45, 7) is 1.99. The monoisotopic (exact) mass is 454 g/mol. The molecule has 0 bridgehead atoms. The van der Waals surface area contributed by atoms with Crippen LogP contribution in [0.2, 0.25) is 0 Å². The largest absolute Gasteiger partial charge is 0.461 e. The first kappa shape index (κ1) is 21.7. The molecule has 1 heterocycles. The Morgan fingerprint density at radius 1 is 1.12 bits per heavy atom. The van der Waals surface area contributed by atoms with Gasteiger partial charge in [-0.3, -0.25) is 4.79 Å². The van der Waals surface area contributed by atoms with Crippen LogP contribution in [-0.4, -0.2) is 42.7 Å². The number of hydrogen-bond donors (Lipinski definition) is 2. The number of anilines is 1. The van der Waals surface area contributed by atoms with Crippen molar-refractivity contribution in [1.29, 1.82) is 0 Å². The number of carbonyl (C=O) groups is 2. The molecule has 0 aliphatic heterocycles. The molecule has 4 rings (SSSR count). The van der Waals surface area contributed by atoms with Gasteiger partial charge in [-0.2, -0.15) is 5.10 Å². The zero-order valence-electron chi connectivity index (χ0n) is 17.3. The predicted octanol–water partition coefficient (Wildman–Crippen LogP) is 2.74. The van der Waals surface area contributed by atoms with Crippen LogP contribution >= 0.6 is 0 Å². The van der Waals surface area contributed by atoms with Crippen LogP contribution in [0.1, 0.15) is 40.6 Å². The molecular formula is C22H22N4O5S. The van der Waals surface area contributed by atoms with Crippen LogP contribution in [0.15, 0.2) is 65.7 Å². The van der Waals surface area contributed by atoms with E-state index in [0.717, 1.165) is 12.8 Å². The highest BCUT2D eigenvalue weighted by atomic mass is 32.2. The van der Waals surface area contributed by atoms with Gasteiger partial charge in [0.1, 0.15) is 0 Å². The highest BCUT2D eigenvalue weighted by molar-refractivity contribution is 7.89. The topological polar surface area (TPSA) is 119 Å². The molecule has 1 fully saturated rings. The summed E-state index contributed by atoms with van der Waals surface area (Å²) in [5.74, 6) is -0.920. The summed E-state index contributed by atoms with van der Waals surface area (Å²) in [4.78, 5) is 24.4. The standard InChI is InChI=1S/C22H22N4O5S/c1-2-31-22(28)20-12-13-26(24-20)18-10-8-16(9-11-18)23-21(27)15-4-3-5-19(14-15)32(29,30)25-17-6-7-17/h3-5,8-14,17,25H,2,6-7H2,1H3,(H,23,27). The van der Waals surface area contributed by atoms with Crippen LogP contribution in [0.25, 0.3) is 5.69 Å². The lowest BCUT2D eigenvalue weighted by atomic mass is 10.2. The fourth-order valence-corrected chi connectivity index (χ4v) is 4.33. The second kappa shape index (κ2) is 8.93. The van der Waals surface area contributed by atoms with E-state index in [1.165, 1.54) is 22.9 Å². The number of ether oxygens (including phenoxy) is 1. The molecule has 10 heteroatoms. The van der Waals surface area contributed by atoms with Crippen molar-refractivity contribution in [2.75, 3.05) is 11.9 Å². The predicted molar refractivity (Wildman–Crippen MR) is 117 cm³/mol. The van der Waals surface area contributed by atoms with Crippen molar-refractivity contribution >= 4 is 27.6 Å². The molecule has 9 nitrogen and oxygen atoms in total. The zero-order valence-corrected chi connectivity index (χ0v) is 18.1. The molecule has 1 saturated carbocycles. The van der Waals surface area contributed by atoms with E-state index in [-0.39, 0.29) is 28.8 Å². The van der Waals surface area contributed by atoms with E-state index in [4.69, 9.17) is 4.74 Å². The third-order valence-electron chi connectivity index (χ3n) is 4.77. The number of benzene rings is 2. The van der Waals surface area contributed by atoms with Crippen molar-refractivity contribution in [2.45, 2.75) is 30.7 Å². The summed E-state index contributed by atoms with van der Waals surface area (Å²) in [5, 5.41) is 6.94. The molecule has 0 radical (unpaired) electrons. The van der Waals surface area contributed by atoms with Crippen LogP contribution in [0.5, 0.6) is 0 Å². The number of nitrogens with one attached hydrogen (secondary N) is 2. The minimum atomic E-state index is -3.64. The van der Waals surface area contributed by atoms with Crippen molar-refractivity contribution in [1.82, 2.24) is 14.5 Å². The van der Waals surface area contributed by atoms with Crippen molar-refractivity contribution in [3.63, 3.8) is 0 Å². The lowest BCUT2D eigenvalue weighted by molar-refractivity contribution is 0.0518. The van der Waals surface area contributed by atoms with Crippen molar-refractivity contribution in [3.8, 4) is 5.69 Å². The molecular weight excluding hydrogens is 432 g/mol. The van der Waals surface area contributed by atoms with Crippen LogP contribution in [0.4, 0.5) is 5.69 Å². The molecule has 0 unspecified atom stereocenters. The lowest BCUT2D eigenvalue weighted by Crippen LogP contribution is -2.26. The van der Waals surface area contributed by atoms with Crippen LogP contribution in [0.3, 0.4) is 0 Å². The number of nitrogens with zero attached hydrogens (tertiary/aromatic N) is 2. The van der Waals surface area contributed by atoms with Gasteiger partial charge in [0.15, 0.2) is 5.69 Å². The Morgan fingerprint density at radius 2 is 1.88 bits per heavy atom. The number of esters is 1. The van der Waals surface area contributed by atoms with Crippen LogP contribution < -0.4 is 10.0 Å². The first-order valence-electron chi connectivity index (χ1n) is 10.1. The summed E-state index contributed by atoms with van der Waals surface area (Å²) in [6, 6.07) is 14.3. The van der Waals surface area contributed by atoms with E-state index in [1.807, 2.05) is 0 Å². The van der Waals surface area contributed by atoms with Crippen molar-refractivity contribution in [3.05, 3.63) is 72.1 Å². The van der Waals surface area contributed by atoms with Crippen LogP contribution in [0, 0.1) is 0 Å². The Hall–Kier alpha value is -3.50. The summed E-state index contributed by atoms with van der Waals surface area (Å²) >= 11 is 0. The second-order valence-electron chi connectivity index (χ2n) is 7.29. The van der Waals surface area contributed by atoms with E-state index in [1.54, 1.807) is 49.5 Å². The van der Waals surface area contributed by atoms with Gasteiger partial charge in [-0.15, -0.1) is 0 Å². The third kappa shape index (κ3) is 5.04. The molecule has 2 aromatic carbocycles. The first-order chi connectivity index (χ1) is 15.4. The molecule has 1 aliphatic carbocycles. The van der Waals surface area contributed by atoms with E-state index in [0.29, 0.717) is 11.4 Å². The molecule has 3 aromatic rings. The van der Waals surface area contributed by atoms with Gasteiger partial charge in [0.25, 0.3) is 5.91 Å². The summed E-state index contributed by atoms with van der Waals surface area (Å²) in [7, 11) is -3.64. The minimum Gasteiger partial charge on any atom is -0.461 e. The number of amides is 1. The number of rotatable bonds is 8. The highest BCUT2D eigenvalue weighted by Gasteiger charge is 2.28. The van der Waals surface area contributed by atoms with E-state index >= 15 is 0 Å². The summed E-state index contributed by atoms with van der Waals surface area (Å²) in [6.07, 6.45) is 3.30. The summed E-state index contributed by atoms with van der Waals surface area (Å²) in [5.41, 5.74) is 1.66. The molecule has 0 saturated heterocycles. The van der Waals surface area contributed by atoms with E-state index in [2.05, 4.69) is 15.1 Å². The third-order valence-corrected chi connectivity index (χ3v) is 6.29. The van der Waals surface area contributed by atoms with Gasteiger partial charge in [0.05, 0.1) is 17.2 Å². The number of sulfonamides is 1. The van der Waals surface area contributed by atoms with Gasteiger partial charge in [-0.05, 0) is 68.3 Å². The first-order valence-corrected chi connectivity index (χ1v) is 11.6. The average molecular weight is 455 g/mol. The van der Waals surface area contributed by atoms with E-state index < -0.39 is 21.9 Å². The minimum absolute atomic E-state index is 0.0147. The molecule has 166 valence electrons. The smallest absolute Gasteiger partial charge is 0.358 e. The Kier molecular flexibility index (Phi) is 6.06. The Morgan fingerprint density at radius 3 is 2.56 bits per heavy atom. The highest BCUT2D eigenvalue weighted by Crippen LogP contribution is 2.23. The van der Waals surface area contributed by atoms with Gasteiger partial charge >= 0.3 is 5.97 Å². The van der Waals surface area contributed by atoms with Crippen molar-refractivity contribution < 1.29 is 22.7 Å². The van der Waals surface area contributed by atoms with Gasteiger partial charge in [0, 0.05) is 23.5 Å². The quantitative estimate of drug-likeness (QED) is 0.505. The van der Waals surface area contributed by atoms with Gasteiger partial charge in [0.2, 0.25) is 10.0 Å². The van der Waals surface area contributed by atoms with Gasteiger partial charge in [-0.25, -0.2) is 22.6 Å². The second-order valence-corrected chi connectivity index (χ2v) is 9.00. The van der Waals surface area contributed by atoms with Crippen LogP contribution in [-0.2, 0) is 14.8 Å². The molecule has 32 heavy (non-hydrogen) atoms. The zero-order chi connectivity index (χ0) is 22.7. The Balaban J connectivity index is 1.44.